The minimum Gasteiger partial charge on any atom is -0.477 e. The Balaban J connectivity index is 1.58. The summed E-state index contributed by atoms with van der Waals surface area (Å²) in [5.41, 5.74) is 2.06. The molecular weight excluding hydrogens is 964 g/mol. The number of carboxylic acids is 3. The molecule has 6 amide bonds. The van der Waals surface area contributed by atoms with E-state index < -0.39 is 202 Å². The average Bonchev–Trinajstić information content (AvgIpc) is 3.60. The zero-order chi connectivity index (χ0) is 53.3. The first-order valence-corrected chi connectivity index (χ1v) is 21.7. The molecule has 3 saturated heterocycles. The zero-order valence-corrected chi connectivity index (χ0v) is 38.1. The second-order valence-corrected chi connectivity index (χ2v) is 17.2. The summed E-state index contributed by atoms with van der Waals surface area (Å²) in [4.78, 5) is 111. The third-order valence-electron chi connectivity index (χ3n) is 11.9. The van der Waals surface area contributed by atoms with Crippen LogP contribution in [0, 0.1) is 11.8 Å². The lowest BCUT2D eigenvalue weighted by Crippen LogP contribution is -2.68. The maximum atomic E-state index is 13.0. The predicted octanol–water partition coefficient (Wildman–Crippen LogP) is -8.33. The van der Waals surface area contributed by atoms with E-state index in [9.17, 15) is 99.3 Å². The molecule has 4 heterocycles. The standard InChI is InChI=1S/C40H58N6O25/c1-16(49)42-28-22(53)9-39(36(62)63,69-24(28)11-41-45-25(55)6-7-46-26(56)4-5-27(46)57)67-14-20(13-48)32(59)34-30(44-18(3)51)23(54)10-40(71-34,37(64)65)68-15-19(12-47)31(58)33-29(43-17(2)50)21(52)8-38(66,70-33)35(60)61/h4-5,11,19-24,28-34,47-48,52-54,58-59,66H,6-10,12-15H2,1-3H3,(H,42,49)(H,43,50)(H,44,51)(H,45,55)(H,60,61)(H,62,63)(H,64,65)/b41-11+. The highest BCUT2D eigenvalue weighted by molar-refractivity contribution is 6.13. The fraction of sp³-hybridized carbons (Fsp3) is 0.700. The maximum absolute atomic E-state index is 13.0. The molecule has 0 aliphatic carbocycles. The molecular formula is C40H58N6O25. The minimum atomic E-state index is -3.13. The number of aliphatic hydroxyl groups is 8. The number of nitrogens with one attached hydrogen (secondary N) is 4. The van der Waals surface area contributed by atoms with Gasteiger partial charge in [-0.1, -0.05) is 0 Å². The van der Waals surface area contributed by atoms with Crippen molar-refractivity contribution in [1.82, 2.24) is 26.3 Å². The molecule has 4 rings (SSSR count). The fourth-order valence-electron chi connectivity index (χ4n) is 8.19. The Hall–Kier alpha value is -5.68. The van der Waals surface area contributed by atoms with Crippen molar-refractivity contribution in [3.63, 3.8) is 0 Å². The number of rotatable bonds is 23. The van der Waals surface area contributed by atoms with Crippen molar-refractivity contribution in [1.29, 1.82) is 0 Å². The molecule has 0 radical (unpaired) electrons. The van der Waals surface area contributed by atoms with Gasteiger partial charge in [-0.25, -0.2) is 19.8 Å². The number of imide groups is 1. The monoisotopic (exact) mass is 1020 g/mol. The number of aliphatic hydroxyl groups excluding tert-OH is 7. The van der Waals surface area contributed by atoms with Crippen molar-refractivity contribution >= 4 is 59.6 Å². The van der Waals surface area contributed by atoms with E-state index in [0.29, 0.717) is 0 Å². The number of ether oxygens (including phenoxy) is 5. The van der Waals surface area contributed by atoms with Crippen LogP contribution in [-0.2, 0) is 66.8 Å². The van der Waals surface area contributed by atoms with Gasteiger partial charge in [0.2, 0.25) is 23.6 Å². The molecule has 31 heteroatoms. The summed E-state index contributed by atoms with van der Waals surface area (Å²) in [5.74, 6) is -23.2. The van der Waals surface area contributed by atoms with Gasteiger partial charge in [0.05, 0.1) is 81.3 Å². The van der Waals surface area contributed by atoms with Crippen LogP contribution in [-0.4, -0.2) is 238 Å². The summed E-state index contributed by atoms with van der Waals surface area (Å²) >= 11 is 0. The lowest BCUT2D eigenvalue weighted by molar-refractivity contribution is -0.322. The number of hydrogen-bond acceptors (Lipinski definition) is 23. The van der Waals surface area contributed by atoms with Crippen molar-refractivity contribution < 1.29 is 123 Å². The topological polar surface area (TPSA) is 486 Å². The van der Waals surface area contributed by atoms with Crippen LogP contribution in [0.4, 0.5) is 0 Å². The first kappa shape index (κ1) is 57.9. The van der Waals surface area contributed by atoms with Crippen LogP contribution in [0.25, 0.3) is 0 Å². The molecule has 0 bridgehead atoms. The molecule has 0 aromatic heterocycles. The third kappa shape index (κ3) is 13.8. The summed E-state index contributed by atoms with van der Waals surface area (Å²) in [6.07, 6.45) is -16.7. The van der Waals surface area contributed by atoms with Gasteiger partial charge in [-0.2, -0.15) is 5.10 Å². The van der Waals surface area contributed by atoms with E-state index in [4.69, 9.17) is 23.7 Å². The highest BCUT2D eigenvalue weighted by atomic mass is 16.7. The highest BCUT2D eigenvalue weighted by Gasteiger charge is 2.59. The van der Waals surface area contributed by atoms with E-state index in [1.54, 1.807) is 0 Å². The van der Waals surface area contributed by atoms with Gasteiger partial charge in [-0.05, 0) is 0 Å². The number of nitrogens with zero attached hydrogens (tertiary/aromatic N) is 2. The smallest absolute Gasteiger partial charge is 0.364 e. The Morgan fingerprint density at radius 1 is 0.704 bits per heavy atom. The van der Waals surface area contributed by atoms with E-state index in [2.05, 4.69) is 26.5 Å². The van der Waals surface area contributed by atoms with Gasteiger partial charge in [0.1, 0.15) is 18.3 Å². The summed E-state index contributed by atoms with van der Waals surface area (Å²) in [5, 5.41) is 129. The average molecular weight is 1020 g/mol. The molecule has 4 aliphatic rings. The van der Waals surface area contributed by atoms with Gasteiger partial charge >= 0.3 is 17.9 Å². The molecule has 16 unspecified atom stereocenters. The summed E-state index contributed by atoms with van der Waals surface area (Å²) < 4.78 is 27.9. The predicted molar refractivity (Wildman–Crippen MR) is 225 cm³/mol. The highest BCUT2D eigenvalue weighted by Crippen LogP contribution is 2.38. The number of amides is 6. The third-order valence-corrected chi connectivity index (χ3v) is 11.9. The lowest BCUT2D eigenvalue weighted by atomic mass is 9.85. The molecule has 16 atom stereocenters. The largest absolute Gasteiger partial charge is 0.477 e. The van der Waals surface area contributed by atoms with Crippen LogP contribution in [0.2, 0.25) is 0 Å². The quantitative estimate of drug-likeness (QED) is 0.0257. The van der Waals surface area contributed by atoms with Crippen molar-refractivity contribution in [2.75, 3.05) is 33.0 Å². The number of aliphatic carboxylic acids is 3. The van der Waals surface area contributed by atoms with E-state index in [1.165, 1.54) is 0 Å². The second kappa shape index (κ2) is 24.2. The van der Waals surface area contributed by atoms with Gasteiger partial charge in [-0.3, -0.25) is 33.7 Å². The van der Waals surface area contributed by atoms with E-state index in [0.717, 1.165) is 44.0 Å². The van der Waals surface area contributed by atoms with Crippen LogP contribution < -0.4 is 21.4 Å². The molecule has 0 aromatic rings. The summed E-state index contributed by atoms with van der Waals surface area (Å²) in [6, 6.07) is -4.81. The molecule has 0 spiro atoms. The number of carbonyl (C=O) groups is 9. The van der Waals surface area contributed by atoms with Crippen LogP contribution in [0.5, 0.6) is 0 Å². The molecule has 71 heavy (non-hydrogen) atoms. The number of hydrogen-bond donors (Lipinski definition) is 15. The Kier molecular flexibility index (Phi) is 19.7. The Bertz CT molecular complexity index is 2060. The molecule has 3 fully saturated rings. The van der Waals surface area contributed by atoms with Crippen molar-refractivity contribution in [3.05, 3.63) is 12.2 Å². The summed E-state index contributed by atoms with van der Waals surface area (Å²) in [7, 11) is 0. The molecule has 0 saturated carbocycles. The van der Waals surface area contributed by atoms with Crippen LogP contribution in [0.15, 0.2) is 17.3 Å². The molecule has 0 aromatic carbocycles. The summed E-state index contributed by atoms with van der Waals surface area (Å²) in [6.45, 7) is -1.78. The van der Waals surface area contributed by atoms with Gasteiger partial charge in [0.15, 0.2) is 0 Å². The van der Waals surface area contributed by atoms with E-state index in [-0.39, 0.29) is 6.54 Å². The SMILES string of the molecule is CC(=O)NC1C(O)CC(OCC(CO)C(O)C2OC(OCC(CO)C(O)C3OC(O)(C(=O)O)CC(O)C3NC(C)=O)(C(=O)O)CC(O)C2NC(C)=O)(C(=O)O)OC1/C=N/NC(=O)CCN1C(=O)C=CC1=O. The number of carbonyl (C=O) groups excluding carboxylic acids is 6. The molecule has 398 valence electrons. The van der Waals surface area contributed by atoms with Gasteiger partial charge in [-0.15, -0.1) is 0 Å². The fourth-order valence-corrected chi connectivity index (χ4v) is 8.19. The Morgan fingerprint density at radius 2 is 1.13 bits per heavy atom. The van der Waals surface area contributed by atoms with Crippen molar-refractivity contribution in [2.24, 2.45) is 16.9 Å². The minimum absolute atomic E-state index is 0.336. The first-order chi connectivity index (χ1) is 33.1. The molecule has 31 nitrogen and oxygen atoms in total. The van der Waals surface area contributed by atoms with Gasteiger partial charge in [0, 0.05) is 77.0 Å². The normalized spacial score (nSPS) is 33.7. The van der Waals surface area contributed by atoms with Gasteiger partial charge in [0.25, 0.3) is 29.2 Å². The van der Waals surface area contributed by atoms with E-state index >= 15 is 0 Å². The van der Waals surface area contributed by atoms with Gasteiger partial charge < -0.3 is 95.8 Å². The van der Waals surface area contributed by atoms with E-state index in [1.807, 2.05) is 0 Å². The van der Waals surface area contributed by atoms with Crippen LogP contribution in [0.3, 0.4) is 0 Å². The van der Waals surface area contributed by atoms with Crippen molar-refractivity contribution in [3.8, 4) is 0 Å². The maximum Gasteiger partial charge on any atom is 0.364 e. The zero-order valence-electron chi connectivity index (χ0n) is 38.1. The van der Waals surface area contributed by atoms with Crippen LogP contribution >= 0.6 is 0 Å². The first-order valence-electron chi connectivity index (χ1n) is 21.7. The lowest BCUT2D eigenvalue weighted by Gasteiger charge is -2.48. The second-order valence-electron chi connectivity index (χ2n) is 17.2. The Morgan fingerprint density at radius 3 is 1.56 bits per heavy atom. The Labute approximate surface area is 401 Å². The molecule has 4 aliphatic heterocycles. The number of hydrazone groups is 1. The number of carboxylic acid groups (broad SMARTS) is 3. The van der Waals surface area contributed by atoms with Crippen molar-refractivity contribution in [2.45, 2.75) is 131 Å². The van der Waals surface area contributed by atoms with Crippen LogP contribution in [0.1, 0.15) is 46.5 Å². The molecule has 15 N–H and O–H groups in total.